The highest BCUT2D eigenvalue weighted by Crippen LogP contribution is 2.37. The molecule has 1 aliphatic carbocycles. The summed E-state index contributed by atoms with van der Waals surface area (Å²) in [6, 6.07) is -1.22. The van der Waals surface area contributed by atoms with Crippen LogP contribution in [-0.4, -0.2) is 28.9 Å². The molecule has 1 aliphatic rings. The van der Waals surface area contributed by atoms with Crippen molar-refractivity contribution in [2.45, 2.75) is 45.1 Å². The van der Waals surface area contributed by atoms with Gasteiger partial charge in [-0.15, -0.1) is 0 Å². The van der Waals surface area contributed by atoms with Gasteiger partial charge < -0.3 is 16.2 Å². The van der Waals surface area contributed by atoms with Gasteiger partial charge in [0.1, 0.15) is 6.04 Å². The van der Waals surface area contributed by atoms with Gasteiger partial charge >= 0.3 is 5.97 Å². The van der Waals surface area contributed by atoms with E-state index in [1.165, 1.54) is 0 Å². The fraction of sp³-hybridized carbons (Fsp3) is 0.727. The van der Waals surface area contributed by atoms with Crippen molar-refractivity contribution >= 4 is 17.8 Å². The molecule has 4 N–H and O–H groups in total. The summed E-state index contributed by atoms with van der Waals surface area (Å²) >= 11 is 0. The van der Waals surface area contributed by atoms with Crippen molar-refractivity contribution in [3.63, 3.8) is 0 Å². The topological polar surface area (TPSA) is 109 Å². The Morgan fingerprint density at radius 1 is 1.35 bits per heavy atom. The van der Waals surface area contributed by atoms with Crippen molar-refractivity contribution in [3.05, 3.63) is 0 Å². The number of hydrogen-bond donors (Lipinski definition) is 3. The molecule has 0 aromatic rings. The van der Waals surface area contributed by atoms with Crippen LogP contribution in [0.5, 0.6) is 0 Å². The van der Waals surface area contributed by atoms with Gasteiger partial charge in [0.05, 0.1) is 6.42 Å². The predicted molar refractivity (Wildman–Crippen MR) is 60.0 cm³/mol. The van der Waals surface area contributed by atoms with E-state index in [9.17, 15) is 14.4 Å². The van der Waals surface area contributed by atoms with Crippen molar-refractivity contribution in [1.82, 2.24) is 5.32 Å². The van der Waals surface area contributed by atoms with Crippen molar-refractivity contribution < 1.29 is 19.5 Å². The first-order valence-electron chi connectivity index (χ1n) is 5.67. The van der Waals surface area contributed by atoms with E-state index in [1.54, 1.807) is 0 Å². The van der Waals surface area contributed by atoms with E-state index in [2.05, 4.69) is 5.32 Å². The van der Waals surface area contributed by atoms with E-state index in [-0.39, 0.29) is 12.3 Å². The van der Waals surface area contributed by atoms with E-state index < -0.39 is 23.3 Å². The fourth-order valence-corrected chi connectivity index (χ4v) is 2.12. The Kier molecular flexibility index (Phi) is 4.09. The Morgan fingerprint density at radius 3 is 2.29 bits per heavy atom. The number of primary amides is 1. The standard InChI is InChI=1S/C11H18N2O4/c1-11(4-2-3-5-11)10(17)13-7(9(15)16)6-8(12)14/h7H,2-6H2,1H3,(H2,12,14)(H,13,17)(H,15,16)/t7-/m0/s1. The average Bonchev–Trinajstić information content (AvgIpc) is 2.64. The lowest BCUT2D eigenvalue weighted by molar-refractivity contribution is -0.145. The Labute approximate surface area is 99.6 Å². The minimum Gasteiger partial charge on any atom is -0.480 e. The minimum atomic E-state index is -1.24. The van der Waals surface area contributed by atoms with E-state index in [4.69, 9.17) is 10.8 Å². The maximum Gasteiger partial charge on any atom is 0.326 e. The van der Waals surface area contributed by atoms with Crippen LogP contribution in [0.15, 0.2) is 0 Å². The second-order valence-corrected chi connectivity index (χ2v) is 4.80. The van der Waals surface area contributed by atoms with Gasteiger partial charge in [-0.25, -0.2) is 4.79 Å². The summed E-state index contributed by atoms with van der Waals surface area (Å²) in [6.07, 6.45) is 3.07. The van der Waals surface area contributed by atoms with Gasteiger partial charge in [-0.3, -0.25) is 9.59 Å². The number of carboxylic acid groups (broad SMARTS) is 1. The number of nitrogens with one attached hydrogen (secondary N) is 1. The summed E-state index contributed by atoms with van der Waals surface area (Å²) in [4.78, 5) is 33.5. The molecule has 6 heteroatoms. The van der Waals surface area contributed by atoms with Crippen molar-refractivity contribution in [3.8, 4) is 0 Å². The van der Waals surface area contributed by atoms with Crippen LogP contribution in [0.1, 0.15) is 39.0 Å². The van der Waals surface area contributed by atoms with Gasteiger partial charge in [0, 0.05) is 5.41 Å². The maximum atomic E-state index is 11.9. The molecule has 0 aliphatic heterocycles. The highest BCUT2D eigenvalue weighted by Gasteiger charge is 2.38. The number of rotatable bonds is 5. The lowest BCUT2D eigenvalue weighted by Gasteiger charge is -2.24. The summed E-state index contributed by atoms with van der Waals surface area (Å²) in [5.41, 5.74) is 4.43. The average molecular weight is 242 g/mol. The molecular weight excluding hydrogens is 224 g/mol. The Balaban J connectivity index is 2.63. The summed E-state index contributed by atoms with van der Waals surface area (Å²) in [5.74, 6) is -2.28. The van der Waals surface area contributed by atoms with Gasteiger partial charge in [-0.2, -0.15) is 0 Å². The highest BCUT2D eigenvalue weighted by atomic mass is 16.4. The van der Waals surface area contributed by atoms with Gasteiger partial charge in [0.15, 0.2) is 0 Å². The molecule has 0 radical (unpaired) electrons. The number of carboxylic acids is 1. The third-order valence-corrected chi connectivity index (χ3v) is 3.26. The van der Waals surface area contributed by atoms with Crippen LogP contribution in [0.2, 0.25) is 0 Å². The molecular formula is C11H18N2O4. The summed E-state index contributed by atoms with van der Waals surface area (Å²) in [7, 11) is 0. The molecule has 2 amide bonds. The van der Waals surface area contributed by atoms with Crippen molar-refractivity contribution in [1.29, 1.82) is 0 Å². The molecule has 1 atom stereocenters. The zero-order chi connectivity index (χ0) is 13.1. The Hall–Kier alpha value is -1.59. The number of aliphatic carboxylic acids is 1. The lowest BCUT2D eigenvalue weighted by Crippen LogP contribution is -2.48. The lowest BCUT2D eigenvalue weighted by atomic mass is 9.87. The highest BCUT2D eigenvalue weighted by molar-refractivity contribution is 5.90. The second kappa shape index (κ2) is 5.16. The monoisotopic (exact) mass is 242 g/mol. The molecule has 0 heterocycles. The zero-order valence-electron chi connectivity index (χ0n) is 9.86. The molecule has 17 heavy (non-hydrogen) atoms. The van der Waals surface area contributed by atoms with Crippen molar-refractivity contribution in [2.24, 2.45) is 11.1 Å². The third-order valence-electron chi connectivity index (χ3n) is 3.26. The molecule has 1 fully saturated rings. The fourth-order valence-electron chi connectivity index (χ4n) is 2.12. The number of amides is 2. The van der Waals surface area contributed by atoms with E-state index in [0.717, 1.165) is 25.7 Å². The predicted octanol–water partition coefficient (Wildman–Crippen LogP) is 0.0115. The molecule has 0 bridgehead atoms. The van der Waals surface area contributed by atoms with Crippen LogP contribution < -0.4 is 11.1 Å². The van der Waals surface area contributed by atoms with Gasteiger partial charge in [-0.05, 0) is 12.8 Å². The Bertz CT molecular complexity index is 334. The van der Waals surface area contributed by atoms with E-state index in [0.29, 0.717) is 0 Å². The van der Waals surface area contributed by atoms with Crippen LogP contribution in [0.4, 0.5) is 0 Å². The number of carbonyl (C=O) groups excluding carboxylic acids is 2. The summed E-state index contributed by atoms with van der Waals surface area (Å²) in [6.45, 7) is 1.82. The van der Waals surface area contributed by atoms with Crippen LogP contribution in [0.25, 0.3) is 0 Å². The molecule has 96 valence electrons. The summed E-state index contributed by atoms with van der Waals surface area (Å²) in [5, 5.41) is 11.3. The molecule has 6 nitrogen and oxygen atoms in total. The smallest absolute Gasteiger partial charge is 0.326 e. The number of carbonyl (C=O) groups is 3. The first kappa shape index (κ1) is 13.5. The normalized spacial score (nSPS) is 19.6. The number of hydrogen-bond acceptors (Lipinski definition) is 3. The van der Waals surface area contributed by atoms with E-state index >= 15 is 0 Å². The first-order chi connectivity index (χ1) is 7.85. The minimum absolute atomic E-state index is 0.302. The first-order valence-corrected chi connectivity index (χ1v) is 5.67. The molecule has 0 aromatic carbocycles. The molecule has 0 saturated heterocycles. The quantitative estimate of drug-likeness (QED) is 0.630. The van der Waals surface area contributed by atoms with Crippen LogP contribution in [0, 0.1) is 5.41 Å². The maximum absolute atomic E-state index is 11.9. The largest absolute Gasteiger partial charge is 0.480 e. The zero-order valence-corrected chi connectivity index (χ0v) is 9.86. The SMILES string of the molecule is CC1(C(=O)N[C@@H](CC(N)=O)C(=O)O)CCCC1. The molecule has 1 saturated carbocycles. The molecule has 0 aromatic heterocycles. The molecule has 0 spiro atoms. The van der Waals surface area contributed by atoms with Crippen LogP contribution in [-0.2, 0) is 14.4 Å². The van der Waals surface area contributed by atoms with Gasteiger partial charge in [-0.1, -0.05) is 19.8 Å². The van der Waals surface area contributed by atoms with Crippen LogP contribution >= 0.6 is 0 Å². The van der Waals surface area contributed by atoms with Gasteiger partial charge in [0.2, 0.25) is 11.8 Å². The van der Waals surface area contributed by atoms with Crippen LogP contribution in [0.3, 0.4) is 0 Å². The second-order valence-electron chi connectivity index (χ2n) is 4.80. The summed E-state index contributed by atoms with van der Waals surface area (Å²) < 4.78 is 0. The Morgan fingerprint density at radius 2 is 1.88 bits per heavy atom. The molecule has 1 rings (SSSR count). The third kappa shape index (κ3) is 3.44. The molecule has 0 unspecified atom stereocenters. The van der Waals surface area contributed by atoms with Gasteiger partial charge in [0.25, 0.3) is 0 Å². The number of nitrogens with two attached hydrogens (primary N) is 1. The van der Waals surface area contributed by atoms with Crippen molar-refractivity contribution in [2.75, 3.05) is 0 Å². The van der Waals surface area contributed by atoms with E-state index in [1.807, 2.05) is 6.92 Å².